The highest BCUT2D eigenvalue weighted by Gasteiger charge is 1.93. The maximum atomic E-state index is 5.55. The lowest BCUT2D eigenvalue weighted by Crippen LogP contribution is -1.76. The van der Waals surface area contributed by atoms with Crippen molar-refractivity contribution in [1.82, 2.24) is 0 Å². The smallest absolute Gasteiger partial charge is 0.0271 e. The van der Waals surface area contributed by atoms with E-state index < -0.39 is 0 Å². The molecule has 0 bridgehead atoms. The molecule has 0 fully saturated rings. The van der Waals surface area contributed by atoms with Crippen molar-refractivity contribution in [3.63, 3.8) is 0 Å². The van der Waals surface area contributed by atoms with Crippen LogP contribution in [0.3, 0.4) is 0 Å². The van der Waals surface area contributed by atoms with Crippen LogP contribution in [0.4, 0.5) is 0 Å². The Hall–Kier alpha value is -0.0100. The van der Waals surface area contributed by atoms with Crippen LogP contribution in [0.15, 0.2) is 12.1 Å². The first kappa shape index (κ1) is 7.10. The molecule has 9 heavy (non-hydrogen) atoms. The maximum absolute atomic E-state index is 5.55. The number of hydrogen-bond acceptors (Lipinski definition) is 1. The van der Waals surface area contributed by atoms with E-state index in [2.05, 4.69) is 19.1 Å². The van der Waals surface area contributed by atoms with Gasteiger partial charge >= 0.3 is 0 Å². The first-order valence-electron chi connectivity index (χ1n) is 2.94. The van der Waals surface area contributed by atoms with Gasteiger partial charge in [-0.25, -0.2) is 0 Å². The van der Waals surface area contributed by atoms with Crippen molar-refractivity contribution in [3.8, 4) is 0 Å². The van der Waals surface area contributed by atoms with E-state index in [4.69, 9.17) is 11.6 Å². The summed E-state index contributed by atoms with van der Waals surface area (Å²) in [5, 5.41) is 0. The van der Waals surface area contributed by atoms with Gasteiger partial charge in [-0.3, -0.25) is 0 Å². The highest BCUT2D eigenvalue weighted by atomic mass is 35.5. The number of alkyl halides is 1. The fraction of sp³-hybridized carbons (Fsp3) is 0.429. The van der Waals surface area contributed by atoms with Gasteiger partial charge in [0.15, 0.2) is 0 Å². The minimum absolute atomic E-state index is 0.736. The zero-order chi connectivity index (χ0) is 6.69. The molecule has 0 spiro atoms. The van der Waals surface area contributed by atoms with Crippen molar-refractivity contribution in [2.24, 2.45) is 0 Å². The first-order valence-corrected chi connectivity index (χ1v) is 4.29. The lowest BCUT2D eigenvalue weighted by atomic mass is 10.4. The Balaban J connectivity index is 2.61. The SMILES string of the molecule is Cc1ccc(CCCl)s1. The van der Waals surface area contributed by atoms with E-state index in [1.807, 2.05) is 11.3 Å². The monoisotopic (exact) mass is 160 g/mol. The molecule has 0 N–H and O–H groups in total. The summed E-state index contributed by atoms with van der Waals surface area (Å²) in [4.78, 5) is 2.76. The average Bonchev–Trinajstić information content (AvgIpc) is 2.17. The molecule has 0 saturated carbocycles. The Labute approximate surface area is 64.5 Å². The second kappa shape index (κ2) is 3.23. The molecular weight excluding hydrogens is 152 g/mol. The normalized spacial score (nSPS) is 10.0. The summed E-state index contributed by atoms with van der Waals surface area (Å²) in [6.45, 7) is 2.11. The zero-order valence-corrected chi connectivity index (χ0v) is 6.93. The molecule has 2 heteroatoms. The minimum atomic E-state index is 0.736. The zero-order valence-electron chi connectivity index (χ0n) is 5.36. The molecule has 0 aliphatic rings. The number of rotatable bonds is 2. The molecule has 0 amide bonds. The third-order valence-corrected chi connectivity index (χ3v) is 2.39. The molecule has 0 aliphatic heterocycles. The molecule has 1 aromatic heterocycles. The molecule has 0 atom stereocenters. The third-order valence-electron chi connectivity index (χ3n) is 1.14. The molecule has 0 saturated heterocycles. The van der Waals surface area contributed by atoms with Gasteiger partial charge in [0, 0.05) is 15.6 Å². The molecule has 0 nitrogen and oxygen atoms in total. The Morgan fingerprint density at radius 3 is 2.78 bits per heavy atom. The summed E-state index contributed by atoms with van der Waals surface area (Å²) in [5.41, 5.74) is 0. The molecule has 1 aromatic rings. The van der Waals surface area contributed by atoms with E-state index in [1.165, 1.54) is 9.75 Å². The first-order chi connectivity index (χ1) is 4.33. The van der Waals surface area contributed by atoms with Crippen LogP contribution in [-0.2, 0) is 6.42 Å². The predicted octanol–water partition coefficient (Wildman–Crippen LogP) is 2.84. The van der Waals surface area contributed by atoms with Crippen molar-refractivity contribution in [1.29, 1.82) is 0 Å². The molecule has 0 aromatic carbocycles. The third kappa shape index (κ3) is 1.99. The van der Waals surface area contributed by atoms with E-state index >= 15 is 0 Å². The van der Waals surface area contributed by atoms with Crippen LogP contribution in [0.1, 0.15) is 9.75 Å². The van der Waals surface area contributed by atoms with Gasteiger partial charge in [-0.05, 0) is 25.5 Å². The van der Waals surface area contributed by atoms with Crippen molar-refractivity contribution in [2.75, 3.05) is 5.88 Å². The highest BCUT2D eigenvalue weighted by molar-refractivity contribution is 7.11. The largest absolute Gasteiger partial charge is 0.146 e. The average molecular weight is 161 g/mol. The predicted molar refractivity (Wildman–Crippen MR) is 43.5 cm³/mol. The number of aryl methyl sites for hydroxylation is 2. The van der Waals surface area contributed by atoms with Crippen molar-refractivity contribution in [2.45, 2.75) is 13.3 Å². The Bertz CT molecular complexity index is 181. The fourth-order valence-electron chi connectivity index (χ4n) is 0.713. The molecular formula is C7H9ClS. The van der Waals surface area contributed by atoms with Crippen LogP contribution in [-0.4, -0.2) is 5.88 Å². The van der Waals surface area contributed by atoms with Crippen LogP contribution in [0.5, 0.6) is 0 Å². The molecule has 1 rings (SSSR count). The molecule has 0 unspecified atom stereocenters. The van der Waals surface area contributed by atoms with Gasteiger partial charge in [0.25, 0.3) is 0 Å². The Kier molecular flexibility index (Phi) is 2.55. The Morgan fingerprint density at radius 1 is 1.56 bits per heavy atom. The van der Waals surface area contributed by atoms with Crippen molar-refractivity contribution >= 4 is 22.9 Å². The van der Waals surface area contributed by atoms with E-state index in [1.54, 1.807) is 0 Å². The number of thiophene rings is 1. The topological polar surface area (TPSA) is 0 Å². The highest BCUT2D eigenvalue weighted by Crippen LogP contribution is 2.15. The fourth-order valence-corrected chi connectivity index (χ4v) is 1.92. The van der Waals surface area contributed by atoms with Crippen molar-refractivity contribution < 1.29 is 0 Å². The lowest BCUT2D eigenvalue weighted by Gasteiger charge is -1.85. The van der Waals surface area contributed by atoms with Crippen LogP contribution >= 0.6 is 22.9 Å². The molecule has 50 valence electrons. The van der Waals surface area contributed by atoms with Gasteiger partial charge in [-0.1, -0.05) is 0 Å². The van der Waals surface area contributed by atoms with Gasteiger partial charge in [0.1, 0.15) is 0 Å². The molecule has 0 radical (unpaired) electrons. The maximum Gasteiger partial charge on any atom is 0.0271 e. The summed E-state index contributed by atoms with van der Waals surface area (Å²) < 4.78 is 0. The molecule has 1 heterocycles. The summed E-state index contributed by atoms with van der Waals surface area (Å²) >= 11 is 7.38. The summed E-state index contributed by atoms with van der Waals surface area (Å²) in [6, 6.07) is 4.27. The Morgan fingerprint density at radius 2 is 2.33 bits per heavy atom. The van der Waals surface area contributed by atoms with Crippen LogP contribution in [0.25, 0.3) is 0 Å². The number of hydrogen-bond donors (Lipinski definition) is 0. The van der Waals surface area contributed by atoms with E-state index in [9.17, 15) is 0 Å². The van der Waals surface area contributed by atoms with E-state index in [0.29, 0.717) is 0 Å². The van der Waals surface area contributed by atoms with Gasteiger partial charge < -0.3 is 0 Å². The number of halogens is 1. The second-order valence-corrected chi connectivity index (χ2v) is 3.70. The van der Waals surface area contributed by atoms with Crippen LogP contribution in [0.2, 0.25) is 0 Å². The summed E-state index contributed by atoms with van der Waals surface area (Å²) in [5.74, 6) is 0.736. The van der Waals surface area contributed by atoms with Gasteiger partial charge in [-0.15, -0.1) is 22.9 Å². The lowest BCUT2D eigenvalue weighted by molar-refractivity contribution is 1.20. The second-order valence-electron chi connectivity index (χ2n) is 1.95. The summed E-state index contributed by atoms with van der Waals surface area (Å²) in [6.07, 6.45) is 1.01. The standard InChI is InChI=1S/C7H9ClS/c1-6-2-3-7(9-6)4-5-8/h2-3H,4-5H2,1H3. The molecule has 0 aliphatic carbocycles. The van der Waals surface area contributed by atoms with Crippen LogP contribution < -0.4 is 0 Å². The minimum Gasteiger partial charge on any atom is -0.146 e. The van der Waals surface area contributed by atoms with E-state index in [0.717, 1.165) is 12.3 Å². The summed E-state index contributed by atoms with van der Waals surface area (Å²) in [7, 11) is 0. The van der Waals surface area contributed by atoms with E-state index in [-0.39, 0.29) is 0 Å². The van der Waals surface area contributed by atoms with Crippen molar-refractivity contribution in [3.05, 3.63) is 21.9 Å². The quantitative estimate of drug-likeness (QED) is 0.584. The van der Waals surface area contributed by atoms with Gasteiger partial charge in [-0.2, -0.15) is 0 Å². The van der Waals surface area contributed by atoms with Gasteiger partial charge in [0.2, 0.25) is 0 Å². The van der Waals surface area contributed by atoms with Gasteiger partial charge in [0.05, 0.1) is 0 Å². The van der Waals surface area contributed by atoms with Crippen LogP contribution in [0, 0.1) is 6.92 Å².